The SMILES string of the molecule is COc1ncccc1C(=O)N(CC1CCN(C2Cc3ccccc3C2)CC1)CC1CCCO1. The normalized spacial score (nSPS) is 21.8. The molecule has 6 nitrogen and oxygen atoms in total. The van der Waals surface area contributed by atoms with Gasteiger partial charge in [-0.3, -0.25) is 9.69 Å². The number of fused-ring (bicyclic) bond motifs is 1. The summed E-state index contributed by atoms with van der Waals surface area (Å²) in [6.07, 6.45) is 8.50. The van der Waals surface area contributed by atoms with Crippen LogP contribution in [0, 0.1) is 5.92 Å². The number of carbonyl (C=O) groups excluding carboxylic acids is 1. The average Bonchev–Trinajstić information content (AvgIpc) is 3.53. The molecule has 0 N–H and O–H groups in total. The van der Waals surface area contributed by atoms with Gasteiger partial charge < -0.3 is 14.4 Å². The quantitative estimate of drug-likeness (QED) is 0.647. The maximum atomic E-state index is 13.5. The molecule has 1 amide bonds. The molecular weight excluding hydrogens is 414 g/mol. The van der Waals surface area contributed by atoms with Crippen LogP contribution in [0.15, 0.2) is 42.6 Å². The molecule has 1 atom stereocenters. The van der Waals surface area contributed by atoms with Crippen molar-refractivity contribution in [3.8, 4) is 5.88 Å². The number of hydrogen-bond donors (Lipinski definition) is 0. The summed E-state index contributed by atoms with van der Waals surface area (Å²) in [5, 5.41) is 0. The van der Waals surface area contributed by atoms with Gasteiger partial charge in [0.25, 0.3) is 5.91 Å². The van der Waals surface area contributed by atoms with E-state index in [0.717, 1.165) is 51.9 Å². The maximum Gasteiger partial charge on any atom is 0.259 e. The monoisotopic (exact) mass is 449 g/mol. The lowest BCUT2D eigenvalue weighted by Gasteiger charge is -2.38. The van der Waals surface area contributed by atoms with Gasteiger partial charge in [-0.05, 0) is 80.8 Å². The first-order chi connectivity index (χ1) is 16.2. The number of likely N-dealkylation sites (tertiary alicyclic amines) is 1. The number of hydrogen-bond acceptors (Lipinski definition) is 5. The fraction of sp³-hybridized carbons (Fsp3) is 0.556. The lowest BCUT2D eigenvalue weighted by Crippen LogP contribution is -2.46. The van der Waals surface area contributed by atoms with E-state index < -0.39 is 0 Å². The predicted molar refractivity (Wildman–Crippen MR) is 128 cm³/mol. The van der Waals surface area contributed by atoms with Gasteiger partial charge in [0, 0.05) is 31.9 Å². The molecule has 6 heteroatoms. The lowest BCUT2D eigenvalue weighted by molar-refractivity contribution is 0.0427. The van der Waals surface area contributed by atoms with Crippen LogP contribution in [0.5, 0.6) is 5.88 Å². The van der Waals surface area contributed by atoms with Gasteiger partial charge in [0.2, 0.25) is 5.88 Å². The summed E-state index contributed by atoms with van der Waals surface area (Å²) in [7, 11) is 1.57. The fourth-order valence-corrected chi connectivity index (χ4v) is 5.77. The molecule has 0 bridgehead atoms. The number of methoxy groups -OCH3 is 1. The molecule has 3 aliphatic rings. The van der Waals surface area contributed by atoms with E-state index in [9.17, 15) is 4.79 Å². The predicted octanol–water partition coefficient (Wildman–Crippen LogP) is 3.59. The third-order valence-corrected chi connectivity index (χ3v) is 7.60. The van der Waals surface area contributed by atoms with Crippen LogP contribution >= 0.6 is 0 Å². The number of piperidine rings is 1. The Morgan fingerprint density at radius 2 is 1.85 bits per heavy atom. The first kappa shape index (κ1) is 22.4. The minimum atomic E-state index is 0.00382. The summed E-state index contributed by atoms with van der Waals surface area (Å²) >= 11 is 0. The molecule has 2 aliphatic heterocycles. The van der Waals surface area contributed by atoms with Crippen molar-refractivity contribution in [3.63, 3.8) is 0 Å². The number of carbonyl (C=O) groups is 1. The fourth-order valence-electron chi connectivity index (χ4n) is 5.77. The molecule has 33 heavy (non-hydrogen) atoms. The van der Waals surface area contributed by atoms with Gasteiger partial charge in [-0.1, -0.05) is 24.3 Å². The Kier molecular flexibility index (Phi) is 6.93. The summed E-state index contributed by atoms with van der Waals surface area (Å²) in [5.41, 5.74) is 3.57. The Labute approximate surface area is 196 Å². The smallest absolute Gasteiger partial charge is 0.259 e. The zero-order chi connectivity index (χ0) is 22.6. The van der Waals surface area contributed by atoms with Crippen LogP contribution in [0.3, 0.4) is 0 Å². The molecule has 1 aromatic heterocycles. The van der Waals surface area contributed by atoms with Crippen molar-refractivity contribution >= 4 is 5.91 Å². The molecule has 0 saturated carbocycles. The van der Waals surface area contributed by atoms with E-state index in [1.54, 1.807) is 19.4 Å². The Morgan fingerprint density at radius 1 is 1.09 bits per heavy atom. The maximum absolute atomic E-state index is 13.5. The highest BCUT2D eigenvalue weighted by Gasteiger charge is 2.32. The molecular formula is C27H35N3O3. The van der Waals surface area contributed by atoms with Gasteiger partial charge in [-0.25, -0.2) is 4.98 Å². The van der Waals surface area contributed by atoms with Gasteiger partial charge in [0.05, 0.1) is 13.2 Å². The van der Waals surface area contributed by atoms with Crippen LogP contribution in [0.4, 0.5) is 0 Å². The van der Waals surface area contributed by atoms with Crippen molar-refractivity contribution in [1.29, 1.82) is 0 Å². The molecule has 3 heterocycles. The standard InChI is InChI=1S/C27H35N3O3/c1-32-26-25(9-4-12-28-26)27(31)30(19-24-8-5-15-33-24)18-20-10-13-29(14-11-20)23-16-21-6-2-3-7-22(21)17-23/h2-4,6-7,9,12,20,23-24H,5,8,10-11,13-19H2,1H3. The number of pyridine rings is 1. The third kappa shape index (κ3) is 5.07. The number of aromatic nitrogens is 1. The molecule has 2 saturated heterocycles. The van der Waals surface area contributed by atoms with Crippen molar-refractivity contribution in [2.45, 2.75) is 50.7 Å². The van der Waals surface area contributed by atoms with Crippen molar-refractivity contribution in [1.82, 2.24) is 14.8 Å². The van der Waals surface area contributed by atoms with E-state index in [1.807, 2.05) is 11.0 Å². The van der Waals surface area contributed by atoms with Crippen molar-refractivity contribution in [2.75, 3.05) is 39.9 Å². The Morgan fingerprint density at radius 3 is 2.52 bits per heavy atom. The molecule has 1 aliphatic carbocycles. The molecule has 1 aromatic carbocycles. The molecule has 0 radical (unpaired) electrons. The first-order valence-electron chi connectivity index (χ1n) is 12.4. The zero-order valence-electron chi connectivity index (χ0n) is 19.6. The summed E-state index contributed by atoms with van der Waals surface area (Å²) < 4.78 is 11.3. The van der Waals surface area contributed by atoms with E-state index in [2.05, 4.69) is 34.1 Å². The van der Waals surface area contributed by atoms with E-state index in [1.165, 1.54) is 24.0 Å². The number of amides is 1. The third-order valence-electron chi connectivity index (χ3n) is 7.60. The van der Waals surface area contributed by atoms with E-state index in [0.29, 0.717) is 29.9 Å². The minimum Gasteiger partial charge on any atom is -0.480 e. The summed E-state index contributed by atoms with van der Waals surface area (Å²) in [6, 6.07) is 13.1. The Hall–Kier alpha value is -2.44. The van der Waals surface area contributed by atoms with Gasteiger partial charge >= 0.3 is 0 Å². The van der Waals surface area contributed by atoms with E-state index in [4.69, 9.17) is 9.47 Å². The zero-order valence-corrected chi connectivity index (χ0v) is 19.6. The van der Waals surface area contributed by atoms with Crippen LogP contribution in [0.2, 0.25) is 0 Å². The molecule has 2 fully saturated rings. The first-order valence-corrected chi connectivity index (χ1v) is 12.4. The largest absolute Gasteiger partial charge is 0.480 e. The topological polar surface area (TPSA) is 54.9 Å². The van der Waals surface area contributed by atoms with Crippen LogP contribution in [-0.4, -0.2) is 72.7 Å². The van der Waals surface area contributed by atoms with Gasteiger partial charge in [0.15, 0.2) is 0 Å². The van der Waals surface area contributed by atoms with Crippen LogP contribution in [0.25, 0.3) is 0 Å². The molecule has 176 valence electrons. The van der Waals surface area contributed by atoms with Crippen molar-refractivity contribution in [2.24, 2.45) is 5.92 Å². The average molecular weight is 450 g/mol. The Bertz CT molecular complexity index is 926. The molecule has 5 rings (SSSR count). The summed E-state index contributed by atoms with van der Waals surface area (Å²) in [4.78, 5) is 22.4. The molecule has 0 spiro atoms. The highest BCUT2D eigenvalue weighted by atomic mass is 16.5. The number of ether oxygens (including phenoxy) is 2. The summed E-state index contributed by atoms with van der Waals surface area (Å²) in [5.74, 6) is 0.914. The van der Waals surface area contributed by atoms with Crippen LogP contribution in [0.1, 0.15) is 47.2 Å². The highest BCUT2D eigenvalue weighted by molar-refractivity contribution is 5.96. The van der Waals surface area contributed by atoms with E-state index >= 15 is 0 Å². The summed E-state index contributed by atoms with van der Waals surface area (Å²) in [6.45, 7) is 4.44. The van der Waals surface area contributed by atoms with Gasteiger partial charge in [-0.15, -0.1) is 0 Å². The van der Waals surface area contributed by atoms with Gasteiger partial charge in [0.1, 0.15) is 5.56 Å². The molecule has 2 aromatic rings. The van der Waals surface area contributed by atoms with Gasteiger partial charge in [-0.2, -0.15) is 0 Å². The lowest BCUT2D eigenvalue weighted by atomic mass is 9.94. The minimum absolute atomic E-state index is 0.00382. The number of nitrogens with zero attached hydrogens (tertiary/aromatic N) is 3. The van der Waals surface area contributed by atoms with Crippen molar-refractivity contribution < 1.29 is 14.3 Å². The van der Waals surface area contributed by atoms with E-state index in [-0.39, 0.29) is 12.0 Å². The van der Waals surface area contributed by atoms with Crippen LogP contribution < -0.4 is 4.74 Å². The van der Waals surface area contributed by atoms with Crippen LogP contribution in [-0.2, 0) is 17.6 Å². The molecule has 1 unspecified atom stereocenters. The highest BCUT2D eigenvalue weighted by Crippen LogP contribution is 2.29. The Balaban J connectivity index is 1.22. The number of rotatable bonds is 7. The second kappa shape index (κ2) is 10.2. The number of benzene rings is 1. The second-order valence-corrected chi connectivity index (χ2v) is 9.72. The van der Waals surface area contributed by atoms with Crippen molar-refractivity contribution in [3.05, 3.63) is 59.3 Å². The second-order valence-electron chi connectivity index (χ2n) is 9.72.